The molecule has 0 aliphatic carbocycles. The number of aromatic carboxylic acids is 1. The van der Waals surface area contributed by atoms with Crippen molar-refractivity contribution >= 4 is 5.97 Å². The second-order valence-corrected chi connectivity index (χ2v) is 3.87. The average Bonchev–Trinajstić information content (AvgIpc) is 2.42. The van der Waals surface area contributed by atoms with E-state index in [-0.39, 0.29) is 17.8 Å². The van der Waals surface area contributed by atoms with E-state index in [0.29, 0.717) is 5.75 Å². The fourth-order valence-electron chi connectivity index (χ4n) is 1.58. The van der Waals surface area contributed by atoms with Crippen LogP contribution < -0.4 is 10.3 Å². The lowest BCUT2D eigenvalue weighted by molar-refractivity contribution is 0.0687. The molecule has 1 N–H and O–H groups in total. The van der Waals surface area contributed by atoms with E-state index in [2.05, 4.69) is 5.10 Å². The number of rotatable bonds is 4. The largest absolute Gasteiger partial charge is 0.497 e. The molecule has 1 aromatic heterocycles. The monoisotopic (exact) mass is 260 g/mol. The molecule has 0 saturated heterocycles. The molecule has 0 aliphatic rings. The van der Waals surface area contributed by atoms with Crippen molar-refractivity contribution in [2.24, 2.45) is 0 Å². The van der Waals surface area contributed by atoms with Crippen molar-refractivity contribution in [3.8, 4) is 5.75 Å². The van der Waals surface area contributed by atoms with Gasteiger partial charge in [0.15, 0.2) is 5.69 Å². The summed E-state index contributed by atoms with van der Waals surface area (Å²) < 4.78 is 6.15. The molecule has 0 radical (unpaired) electrons. The van der Waals surface area contributed by atoms with Crippen LogP contribution >= 0.6 is 0 Å². The molecule has 0 saturated carbocycles. The Kier molecular flexibility index (Phi) is 3.61. The number of methoxy groups -OCH3 is 1. The van der Waals surface area contributed by atoms with E-state index < -0.39 is 5.97 Å². The molecule has 0 aliphatic heterocycles. The number of nitrogens with zero attached hydrogens (tertiary/aromatic N) is 2. The fraction of sp³-hybridized carbons (Fsp3) is 0.154. The van der Waals surface area contributed by atoms with Gasteiger partial charge in [-0.15, -0.1) is 0 Å². The lowest BCUT2D eigenvalue weighted by Crippen LogP contribution is -2.24. The van der Waals surface area contributed by atoms with Crippen LogP contribution in [0.1, 0.15) is 16.1 Å². The molecular formula is C13H12N2O4. The molecular weight excluding hydrogens is 248 g/mol. The number of carboxylic acid groups (broad SMARTS) is 1. The third-order valence-electron chi connectivity index (χ3n) is 2.58. The molecule has 0 amide bonds. The summed E-state index contributed by atoms with van der Waals surface area (Å²) >= 11 is 0. The Morgan fingerprint density at radius 3 is 2.53 bits per heavy atom. The SMILES string of the molecule is COc1ccc(Cn2nc(C(=O)O)ccc2=O)cc1. The van der Waals surface area contributed by atoms with Crippen LogP contribution in [-0.4, -0.2) is 28.0 Å². The zero-order chi connectivity index (χ0) is 13.8. The van der Waals surface area contributed by atoms with Crippen molar-refractivity contribution in [1.82, 2.24) is 9.78 Å². The molecule has 19 heavy (non-hydrogen) atoms. The smallest absolute Gasteiger partial charge is 0.356 e. The van der Waals surface area contributed by atoms with Gasteiger partial charge < -0.3 is 9.84 Å². The molecule has 2 aromatic rings. The average molecular weight is 260 g/mol. The van der Waals surface area contributed by atoms with Crippen molar-refractivity contribution < 1.29 is 14.6 Å². The summed E-state index contributed by atoms with van der Waals surface area (Å²) in [5, 5.41) is 12.6. The Balaban J connectivity index is 2.29. The Labute approximate surface area is 108 Å². The quantitative estimate of drug-likeness (QED) is 0.886. The van der Waals surface area contributed by atoms with E-state index in [9.17, 15) is 9.59 Å². The maximum atomic E-state index is 11.6. The summed E-state index contributed by atoms with van der Waals surface area (Å²) in [6, 6.07) is 9.50. The van der Waals surface area contributed by atoms with Crippen LogP contribution in [0.25, 0.3) is 0 Å². The summed E-state index contributed by atoms with van der Waals surface area (Å²) in [7, 11) is 1.57. The maximum Gasteiger partial charge on any atom is 0.356 e. The molecule has 0 unspecified atom stereocenters. The lowest BCUT2D eigenvalue weighted by atomic mass is 10.2. The zero-order valence-electron chi connectivity index (χ0n) is 10.2. The van der Waals surface area contributed by atoms with Gasteiger partial charge in [0.2, 0.25) is 0 Å². The van der Waals surface area contributed by atoms with Gasteiger partial charge >= 0.3 is 5.97 Å². The molecule has 0 atom stereocenters. The topological polar surface area (TPSA) is 81.4 Å². The predicted octanol–water partition coefficient (Wildman–Crippen LogP) is 0.998. The number of carboxylic acids is 1. The summed E-state index contributed by atoms with van der Waals surface area (Å²) in [6.07, 6.45) is 0. The van der Waals surface area contributed by atoms with Gasteiger partial charge in [-0.25, -0.2) is 9.48 Å². The van der Waals surface area contributed by atoms with E-state index in [1.807, 2.05) is 0 Å². The number of hydrogen-bond donors (Lipinski definition) is 1. The summed E-state index contributed by atoms with van der Waals surface area (Å²) in [5.41, 5.74) is 0.326. The predicted molar refractivity (Wildman–Crippen MR) is 67.6 cm³/mol. The highest BCUT2D eigenvalue weighted by Gasteiger charge is 2.07. The third kappa shape index (κ3) is 2.98. The minimum absolute atomic E-state index is 0.159. The van der Waals surface area contributed by atoms with Crippen molar-refractivity contribution in [3.63, 3.8) is 0 Å². The van der Waals surface area contributed by atoms with Gasteiger partial charge in [0.25, 0.3) is 5.56 Å². The molecule has 0 bridgehead atoms. The summed E-state index contributed by atoms with van der Waals surface area (Å²) in [5.74, 6) is -0.452. The summed E-state index contributed by atoms with van der Waals surface area (Å²) in [4.78, 5) is 22.4. The highest BCUT2D eigenvalue weighted by Crippen LogP contribution is 2.11. The van der Waals surface area contributed by atoms with Gasteiger partial charge in [-0.3, -0.25) is 4.79 Å². The number of carbonyl (C=O) groups is 1. The minimum atomic E-state index is -1.16. The van der Waals surface area contributed by atoms with Crippen LogP contribution in [0.5, 0.6) is 5.75 Å². The van der Waals surface area contributed by atoms with Gasteiger partial charge in [0, 0.05) is 6.07 Å². The molecule has 98 valence electrons. The maximum absolute atomic E-state index is 11.6. The van der Waals surface area contributed by atoms with Crippen LogP contribution in [-0.2, 0) is 6.54 Å². The third-order valence-corrected chi connectivity index (χ3v) is 2.58. The number of hydrogen-bond acceptors (Lipinski definition) is 4. The van der Waals surface area contributed by atoms with Gasteiger partial charge in [-0.2, -0.15) is 5.10 Å². The Morgan fingerprint density at radius 1 is 1.26 bits per heavy atom. The molecule has 1 aromatic carbocycles. The first-order valence-electron chi connectivity index (χ1n) is 5.54. The van der Waals surface area contributed by atoms with Gasteiger partial charge in [-0.05, 0) is 23.8 Å². The zero-order valence-corrected chi connectivity index (χ0v) is 10.2. The minimum Gasteiger partial charge on any atom is -0.497 e. The number of aromatic nitrogens is 2. The van der Waals surface area contributed by atoms with E-state index >= 15 is 0 Å². The van der Waals surface area contributed by atoms with E-state index in [4.69, 9.17) is 9.84 Å². The van der Waals surface area contributed by atoms with Gasteiger partial charge in [0.05, 0.1) is 13.7 Å². The lowest BCUT2D eigenvalue weighted by Gasteiger charge is -2.06. The second kappa shape index (κ2) is 5.34. The van der Waals surface area contributed by atoms with Crippen LogP contribution in [0.3, 0.4) is 0 Å². The van der Waals surface area contributed by atoms with Crippen LogP contribution in [0.2, 0.25) is 0 Å². The fourth-order valence-corrected chi connectivity index (χ4v) is 1.58. The van der Waals surface area contributed by atoms with Crippen LogP contribution in [0.15, 0.2) is 41.2 Å². The van der Waals surface area contributed by atoms with Crippen molar-refractivity contribution in [2.45, 2.75) is 6.54 Å². The molecule has 6 nitrogen and oxygen atoms in total. The highest BCUT2D eigenvalue weighted by molar-refractivity contribution is 5.84. The molecule has 0 spiro atoms. The normalized spacial score (nSPS) is 10.2. The van der Waals surface area contributed by atoms with E-state index in [0.717, 1.165) is 10.2 Å². The van der Waals surface area contributed by atoms with Crippen molar-refractivity contribution in [3.05, 3.63) is 58.0 Å². The van der Waals surface area contributed by atoms with Gasteiger partial charge in [0.1, 0.15) is 5.75 Å². The van der Waals surface area contributed by atoms with Gasteiger partial charge in [-0.1, -0.05) is 12.1 Å². The Bertz CT molecular complexity index is 646. The Hall–Kier alpha value is -2.63. The van der Waals surface area contributed by atoms with Crippen molar-refractivity contribution in [2.75, 3.05) is 7.11 Å². The first kappa shape index (κ1) is 12.8. The second-order valence-electron chi connectivity index (χ2n) is 3.87. The first-order valence-corrected chi connectivity index (χ1v) is 5.54. The van der Waals surface area contributed by atoms with Crippen LogP contribution in [0, 0.1) is 0 Å². The first-order chi connectivity index (χ1) is 9.10. The summed E-state index contributed by atoms with van der Waals surface area (Å²) in [6.45, 7) is 0.212. The van der Waals surface area contributed by atoms with Crippen LogP contribution in [0.4, 0.5) is 0 Å². The Morgan fingerprint density at radius 2 is 1.95 bits per heavy atom. The highest BCUT2D eigenvalue weighted by atomic mass is 16.5. The molecule has 6 heteroatoms. The van der Waals surface area contributed by atoms with E-state index in [1.165, 1.54) is 12.1 Å². The molecule has 2 rings (SSSR count). The molecule has 0 fully saturated rings. The van der Waals surface area contributed by atoms with E-state index in [1.54, 1.807) is 31.4 Å². The number of ether oxygens (including phenoxy) is 1. The van der Waals surface area contributed by atoms with Crippen molar-refractivity contribution in [1.29, 1.82) is 0 Å². The standard InChI is InChI=1S/C13H12N2O4/c1-19-10-4-2-9(3-5-10)8-15-12(16)7-6-11(14-15)13(17)18/h2-7H,8H2,1H3,(H,17,18). The number of benzene rings is 1. The molecule has 1 heterocycles.